The molecule has 5 atom stereocenters. The highest BCUT2D eigenvalue weighted by molar-refractivity contribution is 7.99. The van der Waals surface area contributed by atoms with Crippen LogP contribution in [0.1, 0.15) is 6.04 Å². The fourth-order valence-corrected chi connectivity index (χ4v) is 5.55. The summed E-state index contributed by atoms with van der Waals surface area (Å²) in [4.78, 5) is 4.63. The molecule has 1 aliphatic rings. The molecule has 4 rings (SSSR count). The molecule has 35 heavy (non-hydrogen) atoms. The number of nitrogens with zero attached hydrogens (tertiary/aromatic N) is 4. The van der Waals surface area contributed by atoms with E-state index in [-0.39, 0.29) is 5.02 Å². The summed E-state index contributed by atoms with van der Waals surface area (Å²) in [6, 6.07) is 3.46. The van der Waals surface area contributed by atoms with Crippen LogP contribution < -0.4 is 5.73 Å². The lowest BCUT2D eigenvalue weighted by molar-refractivity contribution is -0.233. The number of aliphatic hydroxyl groups excluding tert-OH is 2. The number of alkyl halides is 3. The van der Waals surface area contributed by atoms with Crippen molar-refractivity contribution in [3.05, 3.63) is 39.8 Å². The number of aliphatic hydroxyl groups is 2. The van der Waals surface area contributed by atoms with Gasteiger partial charge in [-0.3, -0.25) is 0 Å². The van der Waals surface area contributed by atoms with Crippen LogP contribution in [0.3, 0.4) is 0 Å². The topological polar surface area (TPSA) is 129 Å². The van der Waals surface area contributed by atoms with Gasteiger partial charge in [-0.05, 0) is 18.2 Å². The second-order valence-electron chi connectivity index (χ2n) is 7.45. The van der Waals surface area contributed by atoms with Gasteiger partial charge < -0.3 is 25.4 Å². The molecule has 1 fully saturated rings. The van der Waals surface area contributed by atoms with Crippen LogP contribution in [0.25, 0.3) is 11.4 Å². The first-order valence-corrected chi connectivity index (χ1v) is 12.4. The third-order valence-electron chi connectivity index (χ3n) is 5.01. The number of thiazole rings is 1. The molecule has 0 aliphatic carbocycles. The predicted octanol–water partition coefficient (Wildman–Crippen LogP) is 3.65. The fraction of sp³-hybridized carbons (Fsp3) is 0.421. The molecule has 1 saturated heterocycles. The molecular formula is C19H18Cl2F3N5O4S2. The Balaban J connectivity index is 1.70. The van der Waals surface area contributed by atoms with Gasteiger partial charge >= 0.3 is 6.18 Å². The summed E-state index contributed by atoms with van der Waals surface area (Å²) in [6.07, 6.45) is -7.21. The first-order valence-electron chi connectivity index (χ1n) is 9.93. The molecule has 16 heteroatoms. The highest BCUT2D eigenvalue weighted by Gasteiger charge is 2.49. The number of hydrogen-bond acceptors (Lipinski definition) is 10. The summed E-state index contributed by atoms with van der Waals surface area (Å²) in [5, 5.41) is 31.2. The average Bonchev–Trinajstić information content (AvgIpc) is 3.44. The number of hydrogen-bond donors (Lipinski definition) is 3. The van der Waals surface area contributed by atoms with Crippen LogP contribution in [0.2, 0.25) is 10.0 Å². The zero-order valence-corrected chi connectivity index (χ0v) is 20.6. The highest BCUT2D eigenvalue weighted by atomic mass is 35.5. The van der Waals surface area contributed by atoms with E-state index in [4.69, 9.17) is 38.4 Å². The lowest BCUT2D eigenvalue weighted by Gasteiger charge is -2.43. The fourth-order valence-electron chi connectivity index (χ4n) is 3.46. The summed E-state index contributed by atoms with van der Waals surface area (Å²) in [7, 11) is 0. The van der Waals surface area contributed by atoms with Gasteiger partial charge in [0.2, 0.25) is 0 Å². The number of thioether (sulfide) groups is 1. The SMILES string of the molecule is Nc1nc(-c2cn(C3C(O)C(CO)OC(Sc4ccc(Cl)c(Cl)c4)C3OCC(F)(F)F)nn2)cs1. The largest absolute Gasteiger partial charge is 0.411 e. The Kier molecular flexibility index (Phi) is 8.12. The minimum Gasteiger partial charge on any atom is -0.394 e. The second-order valence-corrected chi connectivity index (χ2v) is 10.3. The van der Waals surface area contributed by atoms with E-state index in [1.54, 1.807) is 11.4 Å². The summed E-state index contributed by atoms with van der Waals surface area (Å²) in [5.41, 5.74) is 5.27. The number of halogens is 5. The van der Waals surface area contributed by atoms with Crippen LogP contribution in [0.15, 0.2) is 34.7 Å². The Hall–Kier alpha value is -1.65. The normalized spacial score (nSPS) is 25.2. The molecule has 0 bridgehead atoms. The van der Waals surface area contributed by atoms with Gasteiger partial charge in [0.1, 0.15) is 47.8 Å². The molecule has 0 radical (unpaired) electrons. The van der Waals surface area contributed by atoms with Crippen molar-refractivity contribution in [1.82, 2.24) is 20.0 Å². The van der Waals surface area contributed by atoms with Crippen LogP contribution in [-0.4, -0.2) is 73.3 Å². The lowest BCUT2D eigenvalue weighted by Crippen LogP contribution is -2.56. The minimum absolute atomic E-state index is 0.235. The Labute approximate surface area is 214 Å². The summed E-state index contributed by atoms with van der Waals surface area (Å²) in [5.74, 6) is 0. The van der Waals surface area contributed by atoms with E-state index >= 15 is 0 Å². The second kappa shape index (κ2) is 10.8. The number of ether oxygens (including phenoxy) is 2. The smallest absolute Gasteiger partial charge is 0.394 e. The Morgan fingerprint density at radius 1 is 1.26 bits per heavy atom. The van der Waals surface area contributed by atoms with Gasteiger partial charge in [0.25, 0.3) is 0 Å². The van der Waals surface area contributed by atoms with Crippen LogP contribution in [0, 0.1) is 0 Å². The molecule has 3 aromatic rings. The molecule has 4 N–H and O–H groups in total. The summed E-state index contributed by atoms with van der Waals surface area (Å²) < 4.78 is 51.5. The minimum atomic E-state index is -4.65. The number of benzene rings is 1. The van der Waals surface area contributed by atoms with Crippen molar-refractivity contribution in [3.63, 3.8) is 0 Å². The molecule has 3 heterocycles. The monoisotopic (exact) mass is 571 g/mol. The molecule has 2 aromatic heterocycles. The van der Waals surface area contributed by atoms with Crippen molar-refractivity contribution in [2.45, 2.75) is 40.9 Å². The Bertz CT molecular complexity index is 1170. The quantitative estimate of drug-likeness (QED) is 0.389. The maximum atomic E-state index is 13.1. The van der Waals surface area contributed by atoms with Crippen LogP contribution in [-0.2, 0) is 9.47 Å². The maximum absolute atomic E-state index is 13.1. The maximum Gasteiger partial charge on any atom is 0.411 e. The molecule has 0 saturated carbocycles. The summed E-state index contributed by atoms with van der Waals surface area (Å²) >= 11 is 14.2. The zero-order chi connectivity index (χ0) is 25.3. The van der Waals surface area contributed by atoms with E-state index in [0.717, 1.165) is 11.8 Å². The molecule has 0 spiro atoms. The predicted molar refractivity (Wildman–Crippen MR) is 124 cm³/mol. The molecule has 190 valence electrons. The first kappa shape index (κ1) is 26.4. The number of anilines is 1. The average molecular weight is 572 g/mol. The Morgan fingerprint density at radius 3 is 2.66 bits per heavy atom. The molecule has 1 aromatic carbocycles. The first-order chi connectivity index (χ1) is 16.6. The van der Waals surface area contributed by atoms with Gasteiger partial charge in [-0.1, -0.05) is 40.2 Å². The van der Waals surface area contributed by atoms with Crippen LogP contribution >= 0.6 is 46.3 Å². The van der Waals surface area contributed by atoms with E-state index in [2.05, 4.69) is 15.3 Å². The third kappa shape index (κ3) is 6.20. The van der Waals surface area contributed by atoms with E-state index in [1.165, 1.54) is 34.3 Å². The van der Waals surface area contributed by atoms with Gasteiger partial charge in [0.05, 0.1) is 22.8 Å². The zero-order valence-electron chi connectivity index (χ0n) is 17.5. The van der Waals surface area contributed by atoms with Crippen molar-refractivity contribution in [1.29, 1.82) is 0 Å². The number of nitrogen functional groups attached to an aromatic ring is 1. The summed E-state index contributed by atoms with van der Waals surface area (Å²) in [6.45, 7) is -2.21. The van der Waals surface area contributed by atoms with Crippen LogP contribution in [0.4, 0.5) is 18.3 Å². The highest BCUT2D eigenvalue weighted by Crippen LogP contribution is 2.41. The van der Waals surface area contributed by atoms with Gasteiger partial charge in [-0.25, -0.2) is 9.67 Å². The number of aromatic nitrogens is 4. The van der Waals surface area contributed by atoms with E-state index in [9.17, 15) is 23.4 Å². The molecule has 5 unspecified atom stereocenters. The van der Waals surface area contributed by atoms with Gasteiger partial charge in [-0.15, -0.1) is 16.4 Å². The third-order valence-corrected chi connectivity index (χ3v) is 7.56. The Morgan fingerprint density at radius 2 is 2.03 bits per heavy atom. The lowest BCUT2D eigenvalue weighted by atomic mass is 9.97. The molecule has 0 amide bonds. The number of rotatable bonds is 7. The molecular weight excluding hydrogens is 554 g/mol. The number of nitrogens with two attached hydrogens (primary N) is 1. The molecule has 1 aliphatic heterocycles. The van der Waals surface area contributed by atoms with E-state index in [0.29, 0.717) is 26.4 Å². The van der Waals surface area contributed by atoms with E-state index in [1.807, 2.05) is 0 Å². The van der Waals surface area contributed by atoms with Crippen molar-refractivity contribution >= 4 is 51.4 Å². The van der Waals surface area contributed by atoms with Gasteiger partial charge in [0.15, 0.2) is 5.13 Å². The van der Waals surface area contributed by atoms with Crippen LogP contribution in [0.5, 0.6) is 0 Å². The van der Waals surface area contributed by atoms with Crippen molar-refractivity contribution < 1.29 is 32.9 Å². The molecule has 9 nitrogen and oxygen atoms in total. The van der Waals surface area contributed by atoms with Gasteiger partial charge in [-0.2, -0.15) is 13.2 Å². The van der Waals surface area contributed by atoms with Crippen molar-refractivity contribution in [3.8, 4) is 11.4 Å². The van der Waals surface area contributed by atoms with Crippen molar-refractivity contribution in [2.75, 3.05) is 18.9 Å². The van der Waals surface area contributed by atoms with E-state index < -0.39 is 49.2 Å². The standard InChI is InChI=1S/C19H18Cl2F3N5O4S2/c20-9-2-1-8(3-10(9)21)35-17-16(32-7-19(22,23)24)14(15(31)13(5-30)33-17)29-4-11(27-28-29)12-6-34-18(25)26-12/h1-4,6,13-17,30-31H,5,7H2,(H2,25,26). The van der Waals surface area contributed by atoms with Gasteiger partial charge in [0, 0.05) is 10.3 Å². The van der Waals surface area contributed by atoms with Crippen molar-refractivity contribution in [2.24, 2.45) is 0 Å².